The number of aromatic nitrogens is 1. The summed E-state index contributed by atoms with van der Waals surface area (Å²) < 4.78 is 5.90. The van der Waals surface area contributed by atoms with Gasteiger partial charge in [-0.05, 0) is 68.9 Å². The van der Waals surface area contributed by atoms with E-state index in [-0.39, 0.29) is 18.4 Å². The summed E-state index contributed by atoms with van der Waals surface area (Å²) in [5.74, 6) is -0.539. The van der Waals surface area contributed by atoms with Crippen LogP contribution in [0.5, 0.6) is 0 Å². The summed E-state index contributed by atoms with van der Waals surface area (Å²) in [7, 11) is 0. The van der Waals surface area contributed by atoms with E-state index in [9.17, 15) is 9.90 Å². The highest BCUT2D eigenvalue weighted by atomic mass is 16.5. The van der Waals surface area contributed by atoms with Crippen molar-refractivity contribution in [3.8, 4) is 0 Å². The molecule has 0 amide bonds. The van der Waals surface area contributed by atoms with E-state index < -0.39 is 11.6 Å². The normalized spacial score (nSPS) is 20.5. The highest BCUT2D eigenvalue weighted by Gasteiger charge is 2.48. The lowest BCUT2D eigenvalue weighted by Crippen LogP contribution is -2.44. The second kappa shape index (κ2) is 11.1. The first-order chi connectivity index (χ1) is 15.7. The number of rotatable bonds is 9. The van der Waals surface area contributed by atoms with Crippen LogP contribution in [0.25, 0.3) is 0 Å². The number of likely N-dealkylation sites (tertiary alicyclic amines) is 1. The first-order valence-electron chi connectivity index (χ1n) is 12.3. The molecule has 172 valence electrons. The van der Waals surface area contributed by atoms with Crippen LogP contribution in [0.4, 0.5) is 0 Å². The molecule has 32 heavy (non-hydrogen) atoms. The molecule has 2 heterocycles. The smallest absolute Gasteiger partial charge is 0.343 e. The summed E-state index contributed by atoms with van der Waals surface area (Å²) >= 11 is 0. The van der Waals surface area contributed by atoms with E-state index in [1.165, 1.54) is 19.3 Å². The lowest BCUT2D eigenvalue weighted by molar-refractivity contribution is -0.174. The SMILES string of the molecule is O=C(OC[C@H](CCN1CCCCC1)c1cccnc1)C(O)(c1ccccc1)C1CCCC1. The number of piperidine rings is 1. The molecule has 2 aromatic rings. The molecule has 4 rings (SSSR count). The maximum Gasteiger partial charge on any atom is 0.343 e. The van der Waals surface area contributed by atoms with Gasteiger partial charge in [0.05, 0.1) is 6.61 Å². The molecule has 0 radical (unpaired) electrons. The van der Waals surface area contributed by atoms with Gasteiger partial charge >= 0.3 is 5.97 Å². The number of benzene rings is 1. The Bertz CT molecular complexity index is 832. The number of hydrogen-bond donors (Lipinski definition) is 1. The Kier molecular flexibility index (Phi) is 7.93. The van der Waals surface area contributed by atoms with Crippen LogP contribution in [0.1, 0.15) is 68.4 Å². The van der Waals surface area contributed by atoms with Crippen molar-refractivity contribution in [3.63, 3.8) is 0 Å². The zero-order valence-corrected chi connectivity index (χ0v) is 19.0. The number of hydrogen-bond acceptors (Lipinski definition) is 5. The molecular weight excluding hydrogens is 400 g/mol. The number of carbonyl (C=O) groups is 1. The van der Waals surface area contributed by atoms with E-state index in [1.807, 2.05) is 42.6 Å². The number of nitrogens with zero attached hydrogens (tertiary/aromatic N) is 2. The van der Waals surface area contributed by atoms with Gasteiger partial charge in [0.1, 0.15) is 0 Å². The fraction of sp³-hybridized carbons (Fsp3) is 0.556. The summed E-state index contributed by atoms with van der Waals surface area (Å²) in [5, 5.41) is 11.7. The van der Waals surface area contributed by atoms with Gasteiger partial charge < -0.3 is 14.7 Å². The number of aliphatic hydroxyl groups is 1. The minimum atomic E-state index is -1.58. The molecule has 2 aliphatic rings. The predicted molar refractivity (Wildman–Crippen MR) is 125 cm³/mol. The van der Waals surface area contributed by atoms with Gasteiger partial charge in [-0.1, -0.05) is 55.7 Å². The van der Waals surface area contributed by atoms with E-state index in [0.29, 0.717) is 5.56 Å². The quantitative estimate of drug-likeness (QED) is 0.579. The Hall–Kier alpha value is -2.24. The Morgan fingerprint density at radius 1 is 1.06 bits per heavy atom. The van der Waals surface area contributed by atoms with Crippen molar-refractivity contribution in [2.75, 3.05) is 26.2 Å². The van der Waals surface area contributed by atoms with E-state index in [0.717, 1.165) is 57.3 Å². The van der Waals surface area contributed by atoms with E-state index in [2.05, 4.69) is 16.0 Å². The Labute approximate surface area is 191 Å². The standard InChI is InChI=1S/C27H36N2O3/c30-26(27(31,25-13-5-6-14-25)24-11-3-1-4-12-24)32-21-23(22-10-9-16-28-20-22)15-19-29-17-7-2-8-18-29/h1,3-4,9-12,16,20,23,25,31H,2,5-8,13-15,17-19,21H2/t23-,27?/m0/s1. The Balaban J connectivity index is 1.47. The van der Waals surface area contributed by atoms with Crippen molar-refractivity contribution in [2.45, 2.75) is 62.9 Å². The molecular formula is C27H36N2O3. The third-order valence-corrected chi connectivity index (χ3v) is 7.28. The van der Waals surface area contributed by atoms with E-state index in [1.54, 1.807) is 6.20 Å². The Morgan fingerprint density at radius 2 is 1.81 bits per heavy atom. The maximum atomic E-state index is 13.4. The molecule has 2 atom stereocenters. The molecule has 1 aliphatic carbocycles. The number of pyridine rings is 1. The molecule has 1 aromatic carbocycles. The van der Waals surface area contributed by atoms with Crippen LogP contribution in [-0.2, 0) is 15.1 Å². The number of esters is 1. The van der Waals surface area contributed by atoms with Crippen LogP contribution in [-0.4, -0.2) is 47.2 Å². The van der Waals surface area contributed by atoms with Crippen molar-refractivity contribution in [1.29, 1.82) is 0 Å². The van der Waals surface area contributed by atoms with Crippen molar-refractivity contribution in [3.05, 3.63) is 66.0 Å². The van der Waals surface area contributed by atoms with Crippen LogP contribution in [0.3, 0.4) is 0 Å². The van der Waals surface area contributed by atoms with Crippen molar-refractivity contribution < 1.29 is 14.6 Å². The summed E-state index contributed by atoms with van der Waals surface area (Å²) in [4.78, 5) is 20.2. The zero-order chi connectivity index (χ0) is 22.2. The average Bonchev–Trinajstić information content (AvgIpc) is 3.41. The second-order valence-electron chi connectivity index (χ2n) is 9.39. The van der Waals surface area contributed by atoms with Crippen LogP contribution in [0.2, 0.25) is 0 Å². The summed E-state index contributed by atoms with van der Waals surface area (Å²) in [5.41, 5.74) is 0.147. The van der Waals surface area contributed by atoms with Gasteiger partial charge in [-0.15, -0.1) is 0 Å². The minimum Gasteiger partial charge on any atom is -0.463 e. The molecule has 2 fully saturated rings. The monoisotopic (exact) mass is 436 g/mol. The lowest BCUT2D eigenvalue weighted by Gasteiger charge is -2.33. The number of ether oxygens (including phenoxy) is 1. The fourth-order valence-electron chi connectivity index (χ4n) is 5.33. The van der Waals surface area contributed by atoms with Crippen LogP contribution in [0, 0.1) is 5.92 Å². The number of carbonyl (C=O) groups excluding carboxylic acids is 1. The van der Waals surface area contributed by atoms with Gasteiger partial charge in [0.15, 0.2) is 5.60 Å². The summed E-state index contributed by atoms with van der Waals surface area (Å²) in [6.45, 7) is 3.55. The van der Waals surface area contributed by atoms with Gasteiger partial charge in [-0.25, -0.2) is 4.79 Å². The highest BCUT2D eigenvalue weighted by Crippen LogP contribution is 2.41. The highest BCUT2D eigenvalue weighted by molar-refractivity contribution is 5.81. The molecule has 5 heteroatoms. The summed E-state index contributed by atoms with van der Waals surface area (Å²) in [6, 6.07) is 13.3. The molecule has 1 aromatic heterocycles. The average molecular weight is 437 g/mol. The minimum absolute atomic E-state index is 0.0678. The van der Waals surface area contributed by atoms with Crippen LogP contribution in [0.15, 0.2) is 54.9 Å². The summed E-state index contributed by atoms with van der Waals surface area (Å²) in [6.07, 6.45) is 12.2. The van der Waals surface area contributed by atoms with Crippen molar-refractivity contribution >= 4 is 5.97 Å². The Morgan fingerprint density at radius 3 is 2.50 bits per heavy atom. The molecule has 1 saturated carbocycles. The van der Waals surface area contributed by atoms with Crippen LogP contribution < -0.4 is 0 Å². The van der Waals surface area contributed by atoms with E-state index >= 15 is 0 Å². The van der Waals surface area contributed by atoms with Gasteiger partial charge in [0.2, 0.25) is 0 Å². The first kappa shape index (κ1) is 22.9. The van der Waals surface area contributed by atoms with Gasteiger partial charge in [-0.2, -0.15) is 0 Å². The maximum absolute atomic E-state index is 13.4. The molecule has 0 spiro atoms. The van der Waals surface area contributed by atoms with Crippen LogP contribution >= 0.6 is 0 Å². The molecule has 1 aliphatic heterocycles. The molecule has 1 N–H and O–H groups in total. The fourth-order valence-corrected chi connectivity index (χ4v) is 5.33. The lowest BCUT2D eigenvalue weighted by atomic mass is 9.80. The third-order valence-electron chi connectivity index (χ3n) is 7.28. The first-order valence-corrected chi connectivity index (χ1v) is 12.3. The topological polar surface area (TPSA) is 62.7 Å². The molecule has 1 saturated heterocycles. The van der Waals surface area contributed by atoms with Gasteiger partial charge in [0, 0.05) is 24.2 Å². The molecule has 5 nitrogen and oxygen atoms in total. The zero-order valence-electron chi connectivity index (χ0n) is 19.0. The van der Waals surface area contributed by atoms with Gasteiger partial charge in [-0.3, -0.25) is 4.98 Å². The largest absolute Gasteiger partial charge is 0.463 e. The molecule has 0 bridgehead atoms. The van der Waals surface area contributed by atoms with Crippen molar-refractivity contribution in [2.24, 2.45) is 5.92 Å². The predicted octanol–water partition coefficient (Wildman–Crippen LogP) is 4.66. The second-order valence-corrected chi connectivity index (χ2v) is 9.39. The van der Waals surface area contributed by atoms with Crippen molar-refractivity contribution in [1.82, 2.24) is 9.88 Å². The van der Waals surface area contributed by atoms with Gasteiger partial charge in [0.25, 0.3) is 0 Å². The molecule has 1 unspecified atom stereocenters. The third kappa shape index (κ3) is 5.38. The van der Waals surface area contributed by atoms with E-state index in [4.69, 9.17) is 4.74 Å².